The van der Waals surface area contributed by atoms with Crippen LogP contribution in [0.5, 0.6) is 0 Å². The molecule has 0 aromatic heterocycles. The van der Waals surface area contributed by atoms with Gasteiger partial charge in [0.1, 0.15) is 0 Å². The average molecular weight is 278 g/mol. The zero-order chi connectivity index (χ0) is 14.2. The van der Waals surface area contributed by atoms with Gasteiger partial charge < -0.3 is 0 Å². The highest BCUT2D eigenvalue weighted by Crippen LogP contribution is 2.53. The van der Waals surface area contributed by atoms with Gasteiger partial charge in [-0.05, 0) is 74.0 Å². The summed E-state index contributed by atoms with van der Waals surface area (Å²) in [5.41, 5.74) is 3.78. The van der Waals surface area contributed by atoms with E-state index in [1.807, 2.05) is 0 Å². The molecule has 0 spiro atoms. The molecule has 20 heavy (non-hydrogen) atoms. The van der Waals surface area contributed by atoms with Crippen molar-refractivity contribution in [3.63, 3.8) is 0 Å². The Balaban J connectivity index is 1.67. The van der Waals surface area contributed by atoms with Crippen LogP contribution in [0.1, 0.15) is 78.1 Å². The Hall–Kier alpha value is -0.0800. The summed E-state index contributed by atoms with van der Waals surface area (Å²) in [6, 6.07) is 0.566. The molecule has 3 fully saturated rings. The fraction of sp³-hybridized carbons (Fsp3) is 1.00. The van der Waals surface area contributed by atoms with Crippen LogP contribution in [0, 0.1) is 29.1 Å². The fourth-order valence-corrected chi connectivity index (χ4v) is 6.05. The predicted octanol–water partition coefficient (Wildman–Crippen LogP) is 4.25. The molecule has 0 aromatic carbocycles. The molecule has 0 heterocycles. The molecule has 2 heteroatoms. The highest BCUT2D eigenvalue weighted by molar-refractivity contribution is 4.98. The molecule has 3 aliphatic carbocycles. The molecule has 0 saturated heterocycles. The van der Waals surface area contributed by atoms with Gasteiger partial charge in [-0.15, -0.1) is 0 Å². The maximum atomic E-state index is 6.04. The summed E-state index contributed by atoms with van der Waals surface area (Å²) < 4.78 is 0. The molecule has 4 unspecified atom stereocenters. The molecule has 2 nitrogen and oxygen atoms in total. The first-order chi connectivity index (χ1) is 9.63. The second kappa shape index (κ2) is 5.96. The molecule has 116 valence electrons. The lowest BCUT2D eigenvalue weighted by Crippen LogP contribution is -2.49. The van der Waals surface area contributed by atoms with Crippen LogP contribution in [-0.4, -0.2) is 6.04 Å². The van der Waals surface area contributed by atoms with Gasteiger partial charge in [0.05, 0.1) is 0 Å². The number of nitrogens with two attached hydrogens (primary N) is 1. The Kier molecular flexibility index (Phi) is 4.42. The zero-order valence-corrected chi connectivity index (χ0v) is 13.5. The first-order valence-electron chi connectivity index (χ1n) is 9.09. The van der Waals surface area contributed by atoms with Gasteiger partial charge >= 0.3 is 0 Å². The van der Waals surface area contributed by atoms with Gasteiger partial charge in [-0.25, -0.2) is 0 Å². The van der Waals surface area contributed by atoms with Crippen molar-refractivity contribution in [3.05, 3.63) is 0 Å². The molecule has 0 radical (unpaired) electrons. The third-order valence-corrected chi connectivity index (χ3v) is 6.78. The summed E-state index contributed by atoms with van der Waals surface area (Å²) in [5.74, 6) is 9.91. The maximum Gasteiger partial charge on any atom is 0.0269 e. The van der Waals surface area contributed by atoms with Crippen molar-refractivity contribution in [1.29, 1.82) is 0 Å². The molecule has 4 atom stereocenters. The smallest absolute Gasteiger partial charge is 0.0269 e. The first kappa shape index (κ1) is 14.8. The van der Waals surface area contributed by atoms with Crippen LogP contribution in [-0.2, 0) is 0 Å². The number of fused-ring (bicyclic) bond motifs is 2. The largest absolute Gasteiger partial charge is 0.271 e. The van der Waals surface area contributed by atoms with Crippen molar-refractivity contribution in [2.45, 2.75) is 84.1 Å². The van der Waals surface area contributed by atoms with Crippen molar-refractivity contribution in [2.24, 2.45) is 34.9 Å². The van der Waals surface area contributed by atoms with Gasteiger partial charge in [-0.1, -0.05) is 33.1 Å². The Morgan fingerprint density at radius 2 is 1.90 bits per heavy atom. The quantitative estimate of drug-likeness (QED) is 0.563. The molecule has 0 aromatic rings. The van der Waals surface area contributed by atoms with E-state index in [1.54, 1.807) is 0 Å². The van der Waals surface area contributed by atoms with Crippen molar-refractivity contribution >= 4 is 0 Å². The molecule has 2 bridgehead atoms. The van der Waals surface area contributed by atoms with Crippen molar-refractivity contribution in [1.82, 2.24) is 5.43 Å². The van der Waals surface area contributed by atoms with E-state index in [0.29, 0.717) is 11.5 Å². The number of rotatable bonds is 6. The minimum atomic E-state index is 0.505. The van der Waals surface area contributed by atoms with E-state index >= 15 is 0 Å². The van der Waals surface area contributed by atoms with Gasteiger partial charge in [0, 0.05) is 6.04 Å². The Labute approximate surface area is 125 Å². The van der Waals surface area contributed by atoms with E-state index in [4.69, 9.17) is 5.84 Å². The normalized spacial score (nSPS) is 36.9. The SMILES string of the molecule is CC(C)CC1(C(CC2CC3CCC2C3)NN)CCCC1. The van der Waals surface area contributed by atoms with Crippen LogP contribution < -0.4 is 11.3 Å². The first-order valence-corrected chi connectivity index (χ1v) is 9.09. The summed E-state index contributed by atoms with van der Waals surface area (Å²) in [7, 11) is 0. The average Bonchev–Trinajstić information content (AvgIpc) is 3.11. The monoisotopic (exact) mass is 278 g/mol. The highest BCUT2D eigenvalue weighted by Gasteiger charge is 2.45. The number of hydrazine groups is 1. The molecule has 0 aliphatic heterocycles. The fourth-order valence-electron chi connectivity index (χ4n) is 6.05. The van der Waals surface area contributed by atoms with Gasteiger partial charge in [0.2, 0.25) is 0 Å². The summed E-state index contributed by atoms with van der Waals surface area (Å²) in [6.45, 7) is 4.76. The van der Waals surface area contributed by atoms with Crippen LogP contribution in [0.4, 0.5) is 0 Å². The molecular formula is C18H34N2. The van der Waals surface area contributed by atoms with E-state index < -0.39 is 0 Å². The van der Waals surface area contributed by atoms with Gasteiger partial charge in [-0.2, -0.15) is 0 Å². The third-order valence-electron chi connectivity index (χ3n) is 6.78. The summed E-state index contributed by atoms with van der Waals surface area (Å²) in [4.78, 5) is 0. The molecule has 3 aliphatic rings. The summed E-state index contributed by atoms with van der Waals surface area (Å²) >= 11 is 0. The van der Waals surface area contributed by atoms with Crippen LogP contribution >= 0.6 is 0 Å². The summed E-state index contributed by atoms with van der Waals surface area (Å²) in [5, 5.41) is 0. The minimum Gasteiger partial charge on any atom is -0.271 e. The van der Waals surface area contributed by atoms with Crippen LogP contribution in [0.3, 0.4) is 0 Å². The van der Waals surface area contributed by atoms with Crippen molar-refractivity contribution < 1.29 is 0 Å². The van der Waals surface area contributed by atoms with E-state index in [1.165, 1.54) is 64.2 Å². The topological polar surface area (TPSA) is 38.0 Å². The number of hydrogen-bond acceptors (Lipinski definition) is 2. The lowest BCUT2D eigenvalue weighted by atomic mass is 9.69. The van der Waals surface area contributed by atoms with E-state index in [2.05, 4.69) is 19.3 Å². The Bertz CT molecular complexity index is 319. The van der Waals surface area contributed by atoms with E-state index in [-0.39, 0.29) is 0 Å². The van der Waals surface area contributed by atoms with E-state index in [0.717, 1.165) is 23.7 Å². The molecular weight excluding hydrogens is 244 g/mol. The Morgan fingerprint density at radius 1 is 1.15 bits per heavy atom. The lowest BCUT2D eigenvalue weighted by molar-refractivity contribution is 0.121. The molecule has 0 amide bonds. The number of nitrogens with one attached hydrogen (secondary N) is 1. The second-order valence-electron chi connectivity index (χ2n) is 8.56. The van der Waals surface area contributed by atoms with Crippen LogP contribution in [0.25, 0.3) is 0 Å². The second-order valence-corrected chi connectivity index (χ2v) is 8.56. The summed E-state index contributed by atoms with van der Waals surface area (Å²) in [6.07, 6.45) is 14.4. The van der Waals surface area contributed by atoms with Gasteiger partial charge in [0.15, 0.2) is 0 Å². The molecule has 3 rings (SSSR count). The molecule has 3 N–H and O–H groups in total. The zero-order valence-electron chi connectivity index (χ0n) is 13.5. The van der Waals surface area contributed by atoms with Crippen LogP contribution in [0.15, 0.2) is 0 Å². The van der Waals surface area contributed by atoms with Crippen molar-refractivity contribution in [2.75, 3.05) is 0 Å². The third kappa shape index (κ3) is 2.78. The van der Waals surface area contributed by atoms with Gasteiger partial charge in [0.25, 0.3) is 0 Å². The maximum absolute atomic E-state index is 6.04. The number of hydrogen-bond donors (Lipinski definition) is 2. The Morgan fingerprint density at radius 3 is 2.40 bits per heavy atom. The highest BCUT2D eigenvalue weighted by atomic mass is 15.2. The van der Waals surface area contributed by atoms with Crippen LogP contribution in [0.2, 0.25) is 0 Å². The van der Waals surface area contributed by atoms with E-state index in [9.17, 15) is 0 Å². The lowest BCUT2D eigenvalue weighted by Gasteiger charge is -2.41. The van der Waals surface area contributed by atoms with Gasteiger partial charge in [-0.3, -0.25) is 11.3 Å². The standard InChI is InChI=1S/C18H34N2/c1-13(2)12-18(7-3-4-8-18)17(20-19)11-16-10-14-5-6-15(16)9-14/h13-17,20H,3-12,19H2,1-2H3. The molecule has 3 saturated carbocycles. The predicted molar refractivity (Wildman–Crippen MR) is 85.0 cm³/mol. The minimum absolute atomic E-state index is 0.505. The van der Waals surface area contributed by atoms with Crippen molar-refractivity contribution in [3.8, 4) is 0 Å².